The molecule has 1 aliphatic heterocycles. The second kappa shape index (κ2) is 6.98. The number of carbonyl (C=O) groups excluding carboxylic acids is 1. The lowest BCUT2D eigenvalue weighted by molar-refractivity contribution is -0.384. The van der Waals surface area contributed by atoms with E-state index in [-0.39, 0.29) is 23.9 Å². The van der Waals surface area contributed by atoms with E-state index in [0.717, 1.165) is 5.56 Å². The topological polar surface area (TPSA) is 84.7 Å². The zero-order valence-electron chi connectivity index (χ0n) is 13.0. The van der Waals surface area contributed by atoms with Crippen molar-refractivity contribution in [2.24, 2.45) is 0 Å². The first-order valence-electron chi connectivity index (χ1n) is 7.51. The summed E-state index contributed by atoms with van der Waals surface area (Å²) >= 11 is 1.59. The molecule has 0 spiro atoms. The molecule has 1 aliphatic rings. The van der Waals surface area contributed by atoms with Crippen molar-refractivity contribution < 1.29 is 14.5 Å². The van der Waals surface area contributed by atoms with Gasteiger partial charge >= 0.3 is 6.03 Å². The highest BCUT2D eigenvalue weighted by Gasteiger charge is 2.29. The molecule has 2 atom stereocenters. The predicted octanol–water partition coefficient (Wildman–Crippen LogP) is 3.65. The van der Waals surface area contributed by atoms with Gasteiger partial charge in [-0.2, -0.15) is 11.3 Å². The first-order chi connectivity index (χ1) is 11.5. The SMILES string of the molecule is C[C@H]1CN(C(=O)Nc2cccc([N+](=O)[O-])c2)C[C@@H](c2ccsc2)O1. The number of morpholine rings is 1. The summed E-state index contributed by atoms with van der Waals surface area (Å²) in [4.78, 5) is 24.5. The van der Waals surface area contributed by atoms with Crippen LogP contribution in [0.1, 0.15) is 18.6 Å². The largest absolute Gasteiger partial charge is 0.367 e. The normalized spacial score (nSPS) is 20.6. The van der Waals surface area contributed by atoms with E-state index in [0.29, 0.717) is 18.8 Å². The van der Waals surface area contributed by atoms with Crippen LogP contribution in [0.4, 0.5) is 16.2 Å². The van der Waals surface area contributed by atoms with E-state index in [9.17, 15) is 14.9 Å². The standard InChI is InChI=1S/C16H17N3O4S/c1-11-8-18(9-15(23-11)12-5-6-24-10-12)16(20)17-13-3-2-4-14(7-13)19(21)22/h2-7,10-11,15H,8-9H2,1H3,(H,17,20)/t11-,15-/m0/s1. The molecule has 7 nitrogen and oxygen atoms in total. The molecule has 0 aliphatic carbocycles. The van der Waals surface area contributed by atoms with Crippen molar-refractivity contribution in [3.05, 3.63) is 56.8 Å². The van der Waals surface area contributed by atoms with Crippen LogP contribution in [0, 0.1) is 10.1 Å². The number of anilines is 1. The van der Waals surface area contributed by atoms with E-state index >= 15 is 0 Å². The van der Waals surface area contributed by atoms with Crippen LogP contribution in [0.2, 0.25) is 0 Å². The number of thiophene rings is 1. The van der Waals surface area contributed by atoms with E-state index in [1.165, 1.54) is 12.1 Å². The molecule has 2 amide bonds. The summed E-state index contributed by atoms with van der Waals surface area (Å²) in [6.45, 7) is 2.84. The van der Waals surface area contributed by atoms with Crippen molar-refractivity contribution in [1.82, 2.24) is 4.90 Å². The van der Waals surface area contributed by atoms with Crippen LogP contribution < -0.4 is 5.32 Å². The maximum atomic E-state index is 12.5. The highest BCUT2D eigenvalue weighted by Crippen LogP contribution is 2.27. The number of urea groups is 1. The molecule has 2 heterocycles. The Kier molecular flexibility index (Phi) is 4.77. The Morgan fingerprint density at radius 1 is 1.42 bits per heavy atom. The van der Waals surface area contributed by atoms with Gasteiger partial charge in [0, 0.05) is 24.4 Å². The van der Waals surface area contributed by atoms with Gasteiger partial charge in [-0.1, -0.05) is 6.07 Å². The summed E-state index contributed by atoms with van der Waals surface area (Å²) < 4.78 is 5.91. The van der Waals surface area contributed by atoms with E-state index < -0.39 is 4.92 Å². The van der Waals surface area contributed by atoms with Gasteiger partial charge in [-0.25, -0.2) is 4.79 Å². The van der Waals surface area contributed by atoms with Crippen LogP contribution in [0.25, 0.3) is 0 Å². The summed E-state index contributed by atoms with van der Waals surface area (Å²) in [6.07, 6.45) is -0.240. The molecule has 1 aromatic carbocycles. The van der Waals surface area contributed by atoms with Crippen molar-refractivity contribution in [3.63, 3.8) is 0 Å². The Morgan fingerprint density at radius 3 is 2.96 bits per heavy atom. The van der Waals surface area contributed by atoms with Gasteiger partial charge in [0.2, 0.25) is 0 Å². The molecule has 1 aromatic heterocycles. The smallest absolute Gasteiger partial charge is 0.322 e. The minimum Gasteiger partial charge on any atom is -0.367 e. The van der Waals surface area contributed by atoms with Gasteiger partial charge in [-0.05, 0) is 35.4 Å². The molecule has 24 heavy (non-hydrogen) atoms. The summed E-state index contributed by atoms with van der Waals surface area (Å²) in [5, 5.41) is 17.5. The van der Waals surface area contributed by atoms with Crippen LogP contribution in [-0.2, 0) is 4.74 Å². The first-order valence-corrected chi connectivity index (χ1v) is 8.45. The predicted molar refractivity (Wildman–Crippen MR) is 91.3 cm³/mol. The van der Waals surface area contributed by atoms with Crippen molar-refractivity contribution in [1.29, 1.82) is 0 Å². The van der Waals surface area contributed by atoms with Gasteiger partial charge in [0.15, 0.2) is 0 Å². The van der Waals surface area contributed by atoms with Gasteiger partial charge < -0.3 is 15.0 Å². The van der Waals surface area contributed by atoms with E-state index in [2.05, 4.69) is 5.32 Å². The minimum atomic E-state index is -0.487. The van der Waals surface area contributed by atoms with Crippen LogP contribution >= 0.6 is 11.3 Å². The molecule has 0 bridgehead atoms. The number of hydrogen-bond acceptors (Lipinski definition) is 5. The molecule has 1 N–H and O–H groups in total. The molecule has 8 heteroatoms. The van der Waals surface area contributed by atoms with Crippen LogP contribution in [0.3, 0.4) is 0 Å². The van der Waals surface area contributed by atoms with E-state index in [1.54, 1.807) is 28.4 Å². The van der Waals surface area contributed by atoms with Gasteiger partial charge in [0.25, 0.3) is 5.69 Å². The summed E-state index contributed by atoms with van der Waals surface area (Å²) in [5.74, 6) is 0. The lowest BCUT2D eigenvalue weighted by atomic mass is 10.1. The van der Waals surface area contributed by atoms with Crippen LogP contribution in [0.5, 0.6) is 0 Å². The first kappa shape index (κ1) is 16.4. The average Bonchev–Trinajstić information content (AvgIpc) is 3.09. The summed E-state index contributed by atoms with van der Waals surface area (Å²) in [7, 11) is 0. The van der Waals surface area contributed by atoms with Gasteiger partial charge in [0.1, 0.15) is 6.10 Å². The quantitative estimate of drug-likeness (QED) is 0.678. The molecule has 1 saturated heterocycles. The Bertz CT molecular complexity index is 735. The molecular formula is C16H17N3O4S. The fourth-order valence-electron chi connectivity index (χ4n) is 2.66. The van der Waals surface area contributed by atoms with Crippen molar-refractivity contribution >= 4 is 28.7 Å². The average molecular weight is 347 g/mol. The van der Waals surface area contributed by atoms with Gasteiger partial charge in [-0.15, -0.1) is 0 Å². The Morgan fingerprint density at radius 2 is 2.25 bits per heavy atom. The van der Waals surface area contributed by atoms with Crippen molar-refractivity contribution in [2.45, 2.75) is 19.1 Å². The number of amides is 2. The van der Waals surface area contributed by atoms with Crippen LogP contribution in [-0.4, -0.2) is 35.0 Å². The number of carbonyl (C=O) groups is 1. The fourth-order valence-corrected chi connectivity index (χ4v) is 3.36. The zero-order valence-corrected chi connectivity index (χ0v) is 13.9. The molecule has 3 rings (SSSR count). The Balaban J connectivity index is 1.70. The number of hydrogen-bond donors (Lipinski definition) is 1. The Hall–Kier alpha value is -2.45. The molecule has 1 fully saturated rings. The van der Waals surface area contributed by atoms with Gasteiger partial charge in [0.05, 0.1) is 17.6 Å². The number of nitrogens with zero attached hydrogens (tertiary/aromatic N) is 2. The second-order valence-corrected chi connectivity index (χ2v) is 6.41. The third-order valence-electron chi connectivity index (χ3n) is 3.77. The minimum absolute atomic E-state index is 0.0562. The number of nitrogens with one attached hydrogen (secondary N) is 1. The highest BCUT2D eigenvalue weighted by atomic mass is 32.1. The number of ether oxygens (including phenoxy) is 1. The van der Waals surface area contributed by atoms with E-state index in [1.807, 2.05) is 23.8 Å². The monoisotopic (exact) mass is 347 g/mol. The number of benzene rings is 1. The maximum Gasteiger partial charge on any atom is 0.322 e. The molecule has 0 unspecified atom stereocenters. The van der Waals surface area contributed by atoms with E-state index in [4.69, 9.17) is 4.74 Å². The molecular weight excluding hydrogens is 330 g/mol. The maximum absolute atomic E-state index is 12.5. The lowest BCUT2D eigenvalue weighted by Gasteiger charge is -2.36. The number of non-ortho nitro benzene ring substituents is 1. The molecule has 126 valence electrons. The zero-order chi connectivity index (χ0) is 17.1. The third kappa shape index (κ3) is 3.72. The highest BCUT2D eigenvalue weighted by molar-refractivity contribution is 7.07. The molecule has 2 aromatic rings. The molecule has 0 saturated carbocycles. The summed E-state index contributed by atoms with van der Waals surface area (Å²) in [5.41, 5.74) is 1.40. The number of nitro groups is 1. The third-order valence-corrected chi connectivity index (χ3v) is 4.47. The Labute approximate surface area is 143 Å². The number of rotatable bonds is 3. The van der Waals surface area contributed by atoms with Gasteiger partial charge in [-0.3, -0.25) is 10.1 Å². The summed E-state index contributed by atoms with van der Waals surface area (Å²) in [6, 6.07) is 7.61. The van der Waals surface area contributed by atoms with Crippen molar-refractivity contribution in [3.8, 4) is 0 Å². The number of nitro benzene ring substituents is 1. The fraction of sp³-hybridized carbons (Fsp3) is 0.312. The van der Waals surface area contributed by atoms with Crippen LogP contribution in [0.15, 0.2) is 41.1 Å². The second-order valence-electron chi connectivity index (χ2n) is 5.63. The molecule has 0 radical (unpaired) electrons. The lowest BCUT2D eigenvalue weighted by Crippen LogP contribution is -2.47. The van der Waals surface area contributed by atoms with Crippen molar-refractivity contribution in [2.75, 3.05) is 18.4 Å².